The smallest absolute Gasteiger partial charge is 0.137 e. The molecule has 0 N–H and O–H groups in total. The molecule has 2 atom stereocenters. The number of pyridine rings is 1. The summed E-state index contributed by atoms with van der Waals surface area (Å²) in [6.07, 6.45) is 2.11. The van der Waals surface area contributed by atoms with Gasteiger partial charge in [0.15, 0.2) is 0 Å². The van der Waals surface area contributed by atoms with E-state index in [1.807, 2.05) is 12.1 Å². The van der Waals surface area contributed by atoms with Crippen LogP contribution in [-0.4, -0.2) is 37.4 Å². The van der Waals surface area contributed by atoms with Crippen molar-refractivity contribution in [3.8, 4) is 28.0 Å². The minimum Gasteiger partial charge on any atom is -0.495 e. The molecule has 174 valence electrons. The van der Waals surface area contributed by atoms with Gasteiger partial charge < -0.3 is 14.4 Å². The Labute approximate surface area is 197 Å². The van der Waals surface area contributed by atoms with Crippen LogP contribution in [0.5, 0.6) is 5.75 Å². The van der Waals surface area contributed by atoms with Crippen molar-refractivity contribution in [2.24, 2.45) is 0 Å². The number of hydrogen-bond acceptors (Lipinski definition) is 4. The number of hydrogen-bond donors (Lipinski definition) is 0. The van der Waals surface area contributed by atoms with Crippen molar-refractivity contribution < 1.29 is 18.3 Å². The van der Waals surface area contributed by atoms with Gasteiger partial charge in [-0.1, -0.05) is 24.3 Å². The molecule has 0 unspecified atom stereocenters. The molecule has 1 fully saturated rings. The molecule has 34 heavy (non-hydrogen) atoms. The molecule has 6 heteroatoms. The summed E-state index contributed by atoms with van der Waals surface area (Å²) in [5.74, 6) is -0.203. The van der Waals surface area contributed by atoms with Crippen molar-refractivity contribution in [2.45, 2.75) is 26.1 Å². The molecule has 0 amide bonds. The number of methoxy groups -OCH3 is 1. The lowest BCUT2D eigenvalue weighted by molar-refractivity contribution is -0.00521. The average Bonchev–Trinajstić information content (AvgIpc) is 2.83. The number of rotatable bonds is 4. The third-order valence-electron chi connectivity index (χ3n) is 6.21. The molecule has 0 bridgehead atoms. The van der Waals surface area contributed by atoms with E-state index in [9.17, 15) is 8.78 Å². The van der Waals surface area contributed by atoms with Gasteiger partial charge in [-0.3, -0.25) is 4.98 Å². The van der Waals surface area contributed by atoms with E-state index in [-0.39, 0.29) is 18.0 Å². The first-order valence-electron chi connectivity index (χ1n) is 11.4. The Balaban J connectivity index is 1.56. The van der Waals surface area contributed by atoms with E-state index in [4.69, 9.17) is 9.47 Å². The van der Waals surface area contributed by atoms with Crippen molar-refractivity contribution >= 4 is 16.6 Å². The van der Waals surface area contributed by atoms with Crippen molar-refractivity contribution in [3.05, 3.63) is 78.5 Å². The van der Waals surface area contributed by atoms with Gasteiger partial charge >= 0.3 is 0 Å². The molecule has 2 heterocycles. The van der Waals surface area contributed by atoms with Gasteiger partial charge in [-0.2, -0.15) is 0 Å². The van der Waals surface area contributed by atoms with E-state index in [2.05, 4.69) is 35.9 Å². The molecule has 1 aromatic heterocycles. The summed E-state index contributed by atoms with van der Waals surface area (Å²) in [4.78, 5) is 6.99. The molecular weight excluding hydrogens is 434 g/mol. The van der Waals surface area contributed by atoms with Crippen LogP contribution in [0.15, 0.2) is 66.9 Å². The van der Waals surface area contributed by atoms with E-state index >= 15 is 0 Å². The Kier molecular flexibility index (Phi) is 5.92. The zero-order valence-electron chi connectivity index (χ0n) is 19.4. The molecule has 0 saturated carbocycles. The Morgan fingerprint density at radius 3 is 2.12 bits per heavy atom. The van der Waals surface area contributed by atoms with Crippen LogP contribution in [0.25, 0.3) is 33.2 Å². The van der Waals surface area contributed by atoms with Crippen LogP contribution in [0.1, 0.15) is 13.8 Å². The lowest BCUT2D eigenvalue weighted by atomic mass is 9.98. The molecule has 1 saturated heterocycles. The van der Waals surface area contributed by atoms with E-state index in [1.54, 1.807) is 25.4 Å². The maximum absolute atomic E-state index is 14.7. The maximum Gasteiger partial charge on any atom is 0.137 e. The molecular formula is C28H26F2N2O2. The first kappa shape index (κ1) is 22.3. The van der Waals surface area contributed by atoms with Crippen LogP contribution in [0.4, 0.5) is 14.5 Å². The first-order valence-corrected chi connectivity index (χ1v) is 11.4. The Hall–Kier alpha value is -3.51. The van der Waals surface area contributed by atoms with Gasteiger partial charge in [0, 0.05) is 41.5 Å². The van der Waals surface area contributed by atoms with E-state index in [1.165, 1.54) is 24.3 Å². The highest BCUT2D eigenvalue weighted by Gasteiger charge is 2.23. The summed E-state index contributed by atoms with van der Waals surface area (Å²) in [6.45, 7) is 5.86. The first-order chi connectivity index (χ1) is 16.4. The fraction of sp³-hybridized carbons (Fsp3) is 0.250. The lowest BCUT2D eigenvalue weighted by Crippen LogP contribution is -2.45. The number of benzene rings is 3. The highest BCUT2D eigenvalue weighted by Crippen LogP contribution is 2.40. The normalized spacial score (nSPS) is 18.3. The van der Waals surface area contributed by atoms with Crippen LogP contribution in [0.2, 0.25) is 0 Å². The number of morpholine rings is 1. The minimum absolute atomic E-state index is 0.179. The van der Waals surface area contributed by atoms with Crippen LogP contribution >= 0.6 is 0 Å². The third kappa shape index (κ3) is 4.21. The summed E-state index contributed by atoms with van der Waals surface area (Å²) >= 11 is 0. The van der Waals surface area contributed by atoms with Crippen LogP contribution in [-0.2, 0) is 4.74 Å². The number of ether oxygens (including phenoxy) is 2. The Morgan fingerprint density at radius 2 is 1.47 bits per heavy atom. The molecule has 4 nitrogen and oxygen atoms in total. The van der Waals surface area contributed by atoms with Crippen LogP contribution in [0, 0.1) is 11.6 Å². The predicted molar refractivity (Wildman–Crippen MR) is 131 cm³/mol. The zero-order chi connectivity index (χ0) is 23.8. The monoisotopic (exact) mass is 460 g/mol. The maximum atomic E-state index is 14.7. The Bertz CT molecular complexity index is 1310. The summed E-state index contributed by atoms with van der Waals surface area (Å²) in [7, 11) is 1.58. The molecule has 0 radical (unpaired) electrons. The number of aromatic nitrogens is 1. The topological polar surface area (TPSA) is 34.6 Å². The second-order valence-corrected chi connectivity index (χ2v) is 8.77. The van der Waals surface area contributed by atoms with Gasteiger partial charge in [-0.15, -0.1) is 0 Å². The summed E-state index contributed by atoms with van der Waals surface area (Å²) in [5.41, 5.74) is 4.71. The molecule has 5 rings (SSSR count). The van der Waals surface area contributed by atoms with Gasteiger partial charge in [0.1, 0.15) is 17.4 Å². The molecule has 1 aliphatic heterocycles. The quantitative estimate of drug-likeness (QED) is 0.350. The van der Waals surface area contributed by atoms with Crippen LogP contribution < -0.4 is 9.64 Å². The second kappa shape index (κ2) is 9.03. The molecule has 1 aliphatic rings. The molecule has 0 aliphatic carbocycles. The zero-order valence-corrected chi connectivity index (χ0v) is 19.4. The van der Waals surface area contributed by atoms with Gasteiger partial charge in [-0.05, 0) is 61.4 Å². The predicted octanol–water partition coefficient (Wildman–Crippen LogP) is 6.47. The largest absolute Gasteiger partial charge is 0.495 e. The highest BCUT2D eigenvalue weighted by molar-refractivity contribution is 6.00. The standard InChI is InChI=1S/C28H26F2N2O2/c1-17-15-32(16-18(2)34-17)23-10-6-20(7-11-23)26-14-31-27-24(19-4-8-21(29)9-5-19)12-22(30)13-25(27)28(26)33-3/h4-14,17-18H,15-16H2,1-3H3/t17-,18+. The fourth-order valence-corrected chi connectivity index (χ4v) is 4.76. The van der Waals surface area contributed by atoms with E-state index in [0.29, 0.717) is 27.8 Å². The highest BCUT2D eigenvalue weighted by atomic mass is 19.1. The summed E-state index contributed by atoms with van der Waals surface area (Å²) in [5, 5.41) is 0.569. The van der Waals surface area contributed by atoms with Crippen LogP contribution in [0.3, 0.4) is 0 Å². The second-order valence-electron chi connectivity index (χ2n) is 8.77. The van der Waals surface area contributed by atoms with Crippen molar-refractivity contribution in [3.63, 3.8) is 0 Å². The average molecular weight is 461 g/mol. The van der Waals surface area contributed by atoms with Crippen molar-refractivity contribution in [1.82, 2.24) is 4.98 Å². The number of halogens is 2. The minimum atomic E-state index is -0.407. The van der Waals surface area contributed by atoms with E-state index in [0.717, 1.165) is 29.9 Å². The van der Waals surface area contributed by atoms with Gasteiger partial charge in [-0.25, -0.2) is 8.78 Å². The third-order valence-corrected chi connectivity index (χ3v) is 6.21. The number of fused-ring (bicyclic) bond motifs is 1. The molecule has 0 spiro atoms. The van der Waals surface area contributed by atoms with Crippen molar-refractivity contribution in [2.75, 3.05) is 25.1 Å². The number of nitrogens with zero attached hydrogens (tertiary/aromatic N) is 2. The van der Waals surface area contributed by atoms with Crippen molar-refractivity contribution in [1.29, 1.82) is 0 Å². The molecule has 4 aromatic rings. The van der Waals surface area contributed by atoms with Gasteiger partial charge in [0.2, 0.25) is 0 Å². The fourth-order valence-electron chi connectivity index (χ4n) is 4.76. The van der Waals surface area contributed by atoms with E-state index < -0.39 is 5.82 Å². The molecule has 3 aromatic carbocycles. The lowest BCUT2D eigenvalue weighted by Gasteiger charge is -2.36. The Morgan fingerprint density at radius 1 is 0.853 bits per heavy atom. The SMILES string of the molecule is COc1c(-c2ccc(N3C[C@@H](C)O[C@@H](C)C3)cc2)cnc2c(-c3ccc(F)cc3)cc(F)cc12. The van der Waals surface area contributed by atoms with Gasteiger partial charge in [0.05, 0.1) is 24.8 Å². The van der Waals surface area contributed by atoms with Gasteiger partial charge in [0.25, 0.3) is 0 Å². The summed E-state index contributed by atoms with van der Waals surface area (Å²) in [6, 6.07) is 17.0. The summed E-state index contributed by atoms with van der Waals surface area (Å²) < 4.78 is 39.7. The number of anilines is 1.